The SMILES string of the molecule is CN=C1CC=Cc2ccccc21. The Morgan fingerprint density at radius 2 is 2.08 bits per heavy atom. The molecular weight excluding hydrogens is 146 g/mol. The van der Waals surface area contributed by atoms with Gasteiger partial charge in [0.25, 0.3) is 0 Å². The topological polar surface area (TPSA) is 12.4 Å². The molecule has 1 aromatic rings. The van der Waals surface area contributed by atoms with Crippen LogP contribution in [0.25, 0.3) is 6.08 Å². The van der Waals surface area contributed by atoms with Gasteiger partial charge in [0.1, 0.15) is 0 Å². The van der Waals surface area contributed by atoms with Crippen LogP contribution in [0.3, 0.4) is 0 Å². The molecule has 1 nitrogen and oxygen atoms in total. The molecule has 0 radical (unpaired) electrons. The minimum Gasteiger partial charge on any atom is -0.292 e. The van der Waals surface area contributed by atoms with Gasteiger partial charge in [0, 0.05) is 24.7 Å². The molecule has 0 unspecified atom stereocenters. The van der Waals surface area contributed by atoms with E-state index in [2.05, 4.69) is 41.4 Å². The second-order valence-corrected chi connectivity index (χ2v) is 2.86. The average molecular weight is 157 g/mol. The number of benzene rings is 1. The van der Waals surface area contributed by atoms with Crippen LogP contribution in [0.1, 0.15) is 17.5 Å². The van der Waals surface area contributed by atoms with Crippen molar-refractivity contribution in [3.8, 4) is 0 Å². The molecule has 0 heterocycles. The Morgan fingerprint density at radius 3 is 2.92 bits per heavy atom. The first kappa shape index (κ1) is 7.29. The Hall–Kier alpha value is -1.37. The lowest BCUT2D eigenvalue weighted by Gasteiger charge is -2.11. The van der Waals surface area contributed by atoms with Gasteiger partial charge in [-0.15, -0.1) is 0 Å². The maximum absolute atomic E-state index is 4.25. The van der Waals surface area contributed by atoms with Gasteiger partial charge in [0.15, 0.2) is 0 Å². The zero-order valence-corrected chi connectivity index (χ0v) is 7.12. The molecule has 0 bridgehead atoms. The van der Waals surface area contributed by atoms with E-state index in [1.165, 1.54) is 16.8 Å². The Bertz CT molecular complexity index is 348. The standard InChI is InChI=1S/C11H11N/c1-12-11-8-4-6-9-5-2-3-7-10(9)11/h2-7H,8H2,1H3. The number of allylic oxidation sites excluding steroid dienone is 1. The minimum absolute atomic E-state index is 0.966. The lowest BCUT2D eigenvalue weighted by atomic mass is 9.96. The molecule has 1 aliphatic carbocycles. The highest BCUT2D eigenvalue weighted by molar-refractivity contribution is 6.06. The van der Waals surface area contributed by atoms with Crippen LogP contribution in [-0.4, -0.2) is 12.8 Å². The molecule has 0 saturated heterocycles. The van der Waals surface area contributed by atoms with Crippen molar-refractivity contribution in [1.29, 1.82) is 0 Å². The Morgan fingerprint density at radius 1 is 1.25 bits per heavy atom. The molecule has 1 heteroatoms. The molecule has 60 valence electrons. The molecule has 0 N–H and O–H groups in total. The van der Waals surface area contributed by atoms with Gasteiger partial charge in [-0.1, -0.05) is 36.4 Å². The average Bonchev–Trinajstić information content (AvgIpc) is 2.17. The van der Waals surface area contributed by atoms with Crippen molar-refractivity contribution < 1.29 is 0 Å². The Kier molecular flexibility index (Phi) is 1.78. The minimum atomic E-state index is 0.966. The summed E-state index contributed by atoms with van der Waals surface area (Å²) in [4.78, 5) is 4.25. The van der Waals surface area contributed by atoms with Gasteiger partial charge >= 0.3 is 0 Å². The molecule has 0 fully saturated rings. The fraction of sp³-hybridized carbons (Fsp3) is 0.182. The van der Waals surface area contributed by atoms with E-state index in [4.69, 9.17) is 0 Å². The van der Waals surface area contributed by atoms with Gasteiger partial charge in [-0.3, -0.25) is 4.99 Å². The number of hydrogen-bond acceptors (Lipinski definition) is 1. The predicted octanol–water partition coefficient (Wildman–Crippen LogP) is 2.52. The fourth-order valence-electron chi connectivity index (χ4n) is 1.52. The van der Waals surface area contributed by atoms with Crippen molar-refractivity contribution in [1.82, 2.24) is 0 Å². The van der Waals surface area contributed by atoms with Crippen molar-refractivity contribution >= 4 is 11.8 Å². The second kappa shape index (κ2) is 2.94. The Labute approximate surface area is 72.5 Å². The van der Waals surface area contributed by atoms with Crippen LogP contribution < -0.4 is 0 Å². The van der Waals surface area contributed by atoms with E-state index < -0.39 is 0 Å². The summed E-state index contributed by atoms with van der Waals surface area (Å²) in [6.45, 7) is 0. The van der Waals surface area contributed by atoms with E-state index in [1.54, 1.807) is 0 Å². The van der Waals surface area contributed by atoms with E-state index in [0.717, 1.165) is 6.42 Å². The van der Waals surface area contributed by atoms with Crippen LogP contribution in [0.15, 0.2) is 35.3 Å². The molecule has 0 saturated carbocycles. The largest absolute Gasteiger partial charge is 0.292 e. The van der Waals surface area contributed by atoms with Crippen molar-refractivity contribution in [2.75, 3.05) is 7.05 Å². The van der Waals surface area contributed by atoms with E-state index in [1.807, 2.05) is 7.05 Å². The van der Waals surface area contributed by atoms with Gasteiger partial charge < -0.3 is 0 Å². The molecule has 12 heavy (non-hydrogen) atoms. The van der Waals surface area contributed by atoms with Crippen molar-refractivity contribution in [2.45, 2.75) is 6.42 Å². The molecule has 0 atom stereocenters. The highest BCUT2D eigenvalue weighted by atomic mass is 14.7. The third-order valence-corrected chi connectivity index (χ3v) is 2.15. The summed E-state index contributed by atoms with van der Waals surface area (Å²) < 4.78 is 0. The quantitative estimate of drug-likeness (QED) is 0.548. The number of fused-ring (bicyclic) bond motifs is 1. The van der Waals surface area contributed by atoms with E-state index >= 15 is 0 Å². The van der Waals surface area contributed by atoms with Crippen LogP contribution in [0.2, 0.25) is 0 Å². The van der Waals surface area contributed by atoms with Gasteiger partial charge in [-0.2, -0.15) is 0 Å². The van der Waals surface area contributed by atoms with E-state index in [9.17, 15) is 0 Å². The third-order valence-electron chi connectivity index (χ3n) is 2.15. The Balaban J connectivity index is 2.60. The monoisotopic (exact) mass is 157 g/mol. The molecule has 2 rings (SSSR count). The van der Waals surface area contributed by atoms with E-state index in [-0.39, 0.29) is 0 Å². The molecule has 1 aromatic carbocycles. The van der Waals surface area contributed by atoms with Crippen molar-refractivity contribution in [2.24, 2.45) is 4.99 Å². The summed E-state index contributed by atoms with van der Waals surface area (Å²) >= 11 is 0. The first-order valence-electron chi connectivity index (χ1n) is 4.13. The normalized spacial score (nSPS) is 17.9. The van der Waals surface area contributed by atoms with Crippen LogP contribution in [-0.2, 0) is 0 Å². The molecule has 1 aliphatic rings. The molecule has 0 aromatic heterocycles. The highest BCUT2D eigenvalue weighted by Gasteiger charge is 2.08. The lowest BCUT2D eigenvalue weighted by Crippen LogP contribution is -2.04. The summed E-state index contributed by atoms with van der Waals surface area (Å²) in [5, 5.41) is 0. The van der Waals surface area contributed by atoms with Gasteiger partial charge in [-0.05, 0) is 5.56 Å². The first-order chi connectivity index (χ1) is 5.92. The zero-order valence-electron chi connectivity index (χ0n) is 7.12. The van der Waals surface area contributed by atoms with Crippen molar-refractivity contribution in [3.63, 3.8) is 0 Å². The molecule has 0 spiro atoms. The molecule has 0 amide bonds. The van der Waals surface area contributed by atoms with Gasteiger partial charge in [0.05, 0.1) is 0 Å². The summed E-state index contributed by atoms with van der Waals surface area (Å²) in [6, 6.07) is 8.36. The summed E-state index contributed by atoms with van der Waals surface area (Å²) in [7, 11) is 1.85. The van der Waals surface area contributed by atoms with Crippen LogP contribution >= 0.6 is 0 Å². The highest BCUT2D eigenvalue weighted by Crippen LogP contribution is 2.18. The summed E-state index contributed by atoms with van der Waals surface area (Å²) in [6.07, 6.45) is 5.28. The summed E-state index contributed by atoms with van der Waals surface area (Å²) in [5.74, 6) is 0. The molecular formula is C11H11N. The second-order valence-electron chi connectivity index (χ2n) is 2.86. The van der Waals surface area contributed by atoms with Gasteiger partial charge in [0.2, 0.25) is 0 Å². The van der Waals surface area contributed by atoms with Gasteiger partial charge in [-0.25, -0.2) is 0 Å². The summed E-state index contributed by atoms with van der Waals surface area (Å²) in [5.41, 5.74) is 3.75. The number of aliphatic imine (C=N–C) groups is 1. The smallest absolute Gasteiger partial charge is 0.0460 e. The maximum atomic E-state index is 4.25. The zero-order chi connectivity index (χ0) is 8.39. The van der Waals surface area contributed by atoms with Crippen LogP contribution in [0.4, 0.5) is 0 Å². The number of hydrogen-bond donors (Lipinski definition) is 0. The fourth-order valence-corrected chi connectivity index (χ4v) is 1.52. The first-order valence-corrected chi connectivity index (χ1v) is 4.13. The van der Waals surface area contributed by atoms with E-state index in [0.29, 0.717) is 0 Å². The lowest BCUT2D eigenvalue weighted by molar-refractivity contribution is 1.32. The number of rotatable bonds is 0. The third kappa shape index (κ3) is 1.07. The maximum Gasteiger partial charge on any atom is 0.0460 e. The van der Waals surface area contributed by atoms with Crippen molar-refractivity contribution in [3.05, 3.63) is 41.5 Å². The molecule has 0 aliphatic heterocycles. The van der Waals surface area contributed by atoms with Crippen LogP contribution in [0.5, 0.6) is 0 Å². The number of nitrogens with zero attached hydrogens (tertiary/aromatic N) is 1. The predicted molar refractivity (Wildman–Crippen MR) is 52.6 cm³/mol. The van der Waals surface area contributed by atoms with Crippen LogP contribution in [0, 0.1) is 0 Å².